The molecule has 0 aliphatic carbocycles. The van der Waals surface area contributed by atoms with Gasteiger partial charge in [-0.3, -0.25) is 9.80 Å². The van der Waals surface area contributed by atoms with Gasteiger partial charge in [-0.1, -0.05) is 0 Å². The lowest BCUT2D eigenvalue weighted by atomic mass is 10.0. The second-order valence-electron chi connectivity index (χ2n) is 10.3. The van der Waals surface area contributed by atoms with Gasteiger partial charge in [0.15, 0.2) is 0 Å². The molecule has 0 radical (unpaired) electrons. The van der Waals surface area contributed by atoms with Crippen molar-refractivity contribution in [2.45, 2.75) is 71.1 Å². The van der Waals surface area contributed by atoms with E-state index in [9.17, 15) is 0 Å². The fourth-order valence-corrected chi connectivity index (χ4v) is 6.26. The van der Waals surface area contributed by atoms with Crippen molar-refractivity contribution in [2.75, 3.05) is 52.9 Å². The average molecular weight is 363 g/mol. The minimum absolute atomic E-state index is 0.728. The summed E-state index contributed by atoms with van der Waals surface area (Å²) in [4.78, 5) is 10.9. The molecule has 0 amide bonds. The summed E-state index contributed by atoms with van der Waals surface area (Å²) in [5.41, 5.74) is 0. The van der Waals surface area contributed by atoms with Crippen LogP contribution in [0.2, 0.25) is 0 Å². The minimum Gasteiger partial charge on any atom is -0.302 e. The zero-order valence-electron chi connectivity index (χ0n) is 17.9. The standard InChI is InChI=1S/C22H42N4/c1-16(2)24-11-20-13-25(14-21(20)12-24)17(3)6-7-18(4)26-10-19-8-9-23(5)22(19)15-26/h16-22H,6-15H2,1-5H3/t17?,18?,19?,20-,21+,22?. The van der Waals surface area contributed by atoms with Crippen molar-refractivity contribution in [1.29, 1.82) is 0 Å². The van der Waals surface area contributed by atoms with Gasteiger partial charge in [-0.25, -0.2) is 0 Å². The minimum atomic E-state index is 0.728. The summed E-state index contributed by atoms with van der Waals surface area (Å²) in [6.07, 6.45) is 4.16. The van der Waals surface area contributed by atoms with Crippen LogP contribution < -0.4 is 0 Å². The van der Waals surface area contributed by atoms with E-state index in [4.69, 9.17) is 0 Å². The molecule has 4 nitrogen and oxygen atoms in total. The molecule has 4 heteroatoms. The van der Waals surface area contributed by atoms with Gasteiger partial charge in [0.1, 0.15) is 0 Å². The Morgan fingerprint density at radius 3 is 1.73 bits per heavy atom. The molecule has 0 N–H and O–H groups in total. The quantitative estimate of drug-likeness (QED) is 0.719. The number of likely N-dealkylation sites (tertiary alicyclic amines) is 4. The zero-order chi connectivity index (χ0) is 18.4. The molecule has 4 heterocycles. The lowest BCUT2D eigenvalue weighted by Crippen LogP contribution is -2.39. The Balaban J connectivity index is 1.20. The third kappa shape index (κ3) is 3.72. The van der Waals surface area contributed by atoms with Crippen molar-refractivity contribution >= 4 is 0 Å². The lowest BCUT2D eigenvalue weighted by molar-refractivity contribution is 0.167. The van der Waals surface area contributed by atoms with Crippen LogP contribution in [0, 0.1) is 17.8 Å². The first-order valence-corrected chi connectivity index (χ1v) is 11.3. The molecule has 0 aromatic heterocycles. The number of rotatable bonds is 6. The first-order valence-electron chi connectivity index (χ1n) is 11.3. The van der Waals surface area contributed by atoms with E-state index in [0.29, 0.717) is 0 Å². The first kappa shape index (κ1) is 19.2. The molecule has 26 heavy (non-hydrogen) atoms. The molecule has 4 aliphatic rings. The maximum absolute atomic E-state index is 2.81. The average Bonchev–Trinajstić information content (AvgIpc) is 3.32. The van der Waals surface area contributed by atoms with Gasteiger partial charge in [-0.2, -0.15) is 0 Å². The van der Waals surface area contributed by atoms with Crippen LogP contribution in [-0.4, -0.2) is 96.6 Å². The highest BCUT2D eigenvalue weighted by Crippen LogP contribution is 2.35. The van der Waals surface area contributed by atoms with Crippen LogP contribution in [0.15, 0.2) is 0 Å². The normalized spacial score (nSPS) is 39.0. The second kappa shape index (κ2) is 7.69. The van der Waals surface area contributed by atoms with E-state index in [1.54, 1.807) is 0 Å². The van der Waals surface area contributed by atoms with E-state index < -0.39 is 0 Å². The van der Waals surface area contributed by atoms with E-state index in [1.807, 2.05) is 0 Å². The van der Waals surface area contributed by atoms with Gasteiger partial charge in [0.2, 0.25) is 0 Å². The Morgan fingerprint density at radius 2 is 1.19 bits per heavy atom. The van der Waals surface area contributed by atoms with Gasteiger partial charge in [-0.05, 0) is 78.3 Å². The smallest absolute Gasteiger partial charge is 0.0261 e. The highest BCUT2D eigenvalue weighted by Gasteiger charge is 2.42. The van der Waals surface area contributed by atoms with Gasteiger partial charge in [-0.15, -0.1) is 0 Å². The van der Waals surface area contributed by atoms with Crippen LogP contribution in [0.5, 0.6) is 0 Å². The van der Waals surface area contributed by atoms with E-state index in [2.05, 4.69) is 54.3 Å². The summed E-state index contributed by atoms with van der Waals surface area (Å²) in [6.45, 7) is 19.0. The monoisotopic (exact) mass is 362 g/mol. The van der Waals surface area contributed by atoms with Crippen molar-refractivity contribution < 1.29 is 0 Å². The molecule has 4 saturated heterocycles. The SMILES string of the molecule is CC(C)N1C[C@@H]2CN(C(C)CCC(C)N3CC4CCN(C)C4C3)C[C@@H]2C1. The van der Waals surface area contributed by atoms with Gasteiger partial charge in [0, 0.05) is 63.4 Å². The number of likely N-dealkylation sites (N-methyl/N-ethyl adjacent to an activating group) is 1. The Kier molecular flexibility index (Phi) is 5.67. The Bertz CT molecular complexity index is 467. The van der Waals surface area contributed by atoms with Crippen molar-refractivity contribution in [3.8, 4) is 0 Å². The molecule has 150 valence electrons. The molecule has 0 spiro atoms. The summed E-state index contributed by atoms with van der Waals surface area (Å²) in [5.74, 6) is 2.82. The predicted octanol–water partition coefficient (Wildman–Crippen LogP) is 2.45. The largest absolute Gasteiger partial charge is 0.302 e. The molecule has 6 atom stereocenters. The summed E-state index contributed by atoms with van der Waals surface area (Å²) in [5, 5.41) is 0. The van der Waals surface area contributed by atoms with Crippen molar-refractivity contribution in [2.24, 2.45) is 17.8 Å². The topological polar surface area (TPSA) is 13.0 Å². The van der Waals surface area contributed by atoms with E-state index >= 15 is 0 Å². The van der Waals surface area contributed by atoms with Gasteiger partial charge in [0.25, 0.3) is 0 Å². The Hall–Kier alpha value is -0.160. The van der Waals surface area contributed by atoms with Crippen LogP contribution in [0.4, 0.5) is 0 Å². The predicted molar refractivity (Wildman–Crippen MR) is 110 cm³/mol. The van der Waals surface area contributed by atoms with Gasteiger partial charge in [0.05, 0.1) is 0 Å². The summed E-state index contributed by atoms with van der Waals surface area (Å²) in [6, 6.07) is 3.10. The lowest BCUT2D eigenvalue weighted by Gasteiger charge is -2.31. The van der Waals surface area contributed by atoms with Gasteiger partial charge < -0.3 is 9.80 Å². The maximum atomic E-state index is 2.81. The first-order chi connectivity index (χ1) is 12.4. The maximum Gasteiger partial charge on any atom is 0.0261 e. The molecule has 4 rings (SSSR count). The van der Waals surface area contributed by atoms with Crippen molar-refractivity contribution in [1.82, 2.24) is 19.6 Å². The number of fused-ring (bicyclic) bond motifs is 2. The second-order valence-corrected chi connectivity index (χ2v) is 10.3. The highest BCUT2D eigenvalue weighted by molar-refractivity contribution is 4.97. The highest BCUT2D eigenvalue weighted by atomic mass is 15.3. The molecule has 0 aromatic rings. The number of hydrogen-bond donors (Lipinski definition) is 0. The van der Waals surface area contributed by atoms with E-state index in [-0.39, 0.29) is 0 Å². The molecular weight excluding hydrogens is 320 g/mol. The Labute approximate surface area is 161 Å². The molecule has 0 aromatic carbocycles. The third-order valence-electron chi connectivity index (χ3n) is 8.38. The van der Waals surface area contributed by atoms with E-state index in [0.717, 1.165) is 41.9 Å². The van der Waals surface area contributed by atoms with Crippen LogP contribution in [-0.2, 0) is 0 Å². The molecule has 0 saturated carbocycles. The summed E-state index contributed by atoms with van der Waals surface area (Å²) >= 11 is 0. The Morgan fingerprint density at radius 1 is 0.692 bits per heavy atom. The summed E-state index contributed by atoms with van der Waals surface area (Å²) in [7, 11) is 2.32. The molecule has 4 aliphatic heterocycles. The van der Waals surface area contributed by atoms with Crippen LogP contribution in [0.3, 0.4) is 0 Å². The third-order valence-corrected chi connectivity index (χ3v) is 8.38. The zero-order valence-corrected chi connectivity index (χ0v) is 17.9. The van der Waals surface area contributed by atoms with Crippen LogP contribution >= 0.6 is 0 Å². The molecule has 4 fully saturated rings. The summed E-state index contributed by atoms with van der Waals surface area (Å²) < 4.78 is 0. The number of hydrogen-bond acceptors (Lipinski definition) is 4. The molecular formula is C22H42N4. The fourth-order valence-electron chi connectivity index (χ4n) is 6.26. The molecule has 0 bridgehead atoms. The van der Waals surface area contributed by atoms with E-state index in [1.165, 1.54) is 65.1 Å². The van der Waals surface area contributed by atoms with Crippen molar-refractivity contribution in [3.05, 3.63) is 0 Å². The number of nitrogens with zero attached hydrogens (tertiary/aromatic N) is 4. The fraction of sp³-hybridized carbons (Fsp3) is 1.00. The molecule has 4 unspecified atom stereocenters. The van der Waals surface area contributed by atoms with Crippen molar-refractivity contribution in [3.63, 3.8) is 0 Å². The van der Waals surface area contributed by atoms with Crippen LogP contribution in [0.1, 0.15) is 47.0 Å². The van der Waals surface area contributed by atoms with Gasteiger partial charge >= 0.3 is 0 Å². The van der Waals surface area contributed by atoms with Crippen LogP contribution in [0.25, 0.3) is 0 Å².